The number of benzene rings is 1. The molecule has 6 heteroatoms. The van der Waals surface area contributed by atoms with Crippen molar-refractivity contribution < 1.29 is 4.74 Å². The summed E-state index contributed by atoms with van der Waals surface area (Å²) < 4.78 is 7.78. The molecule has 0 bridgehead atoms. The first-order chi connectivity index (χ1) is 10.7. The molecular formula is C16H17N3OS2. The van der Waals surface area contributed by atoms with Crippen LogP contribution in [0.5, 0.6) is 5.75 Å². The Labute approximate surface area is 138 Å². The molecule has 4 nitrogen and oxygen atoms in total. The fourth-order valence-electron chi connectivity index (χ4n) is 2.06. The number of nitrogens with zero attached hydrogens (tertiary/aromatic N) is 3. The lowest BCUT2D eigenvalue weighted by atomic mass is 10.2. The fourth-order valence-corrected chi connectivity index (χ4v) is 3.53. The third-order valence-electron chi connectivity index (χ3n) is 3.15. The normalized spacial score (nSPS) is 10.8. The van der Waals surface area contributed by atoms with Gasteiger partial charge in [-0.15, -0.1) is 21.5 Å². The molecule has 22 heavy (non-hydrogen) atoms. The van der Waals surface area contributed by atoms with Crippen molar-refractivity contribution in [2.75, 3.05) is 12.4 Å². The Morgan fingerprint density at radius 1 is 1.23 bits per heavy atom. The minimum absolute atomic E-state index is 0.648. The highest BCUT2D eigenvalue weighted by molar-refractivity contribution is 7.99. The topological polar surface area (TPSA) is 39.9 Å². The molecule has 114 valence electrons. The summed E-state index contributed by atoms with van der Waals surface area (Å²) in [6.07, 6.45) is 0. The van der Waals surface area contributed by atoms with Crippen molar-refractivity contribution in [2.24, 2.45) is 7.05 Å². The van der Waals surface area contributed by atoms with Gasteiger partial charge in [-0.2, -0.15) is 0 Å². The molecule has 0 N–H and O–H groups in total. The molecule has 0 unspecified atom stereocenters. The first-order valence-electron chi connectivity index (χ1n) is 6.99. The summed E-state index contributed by atoms with van der Waals surface area (Å²) in [6, 6.07) is 12.2. The maximum atomic E-state index is 5.75. The monoisotopic (exact) mass is 331 g/mol. The summed E-state index contributed by atoms with van der Waals surface area (Å²) in [5.74, 6) is 2.67. The van der Waals surface area contributed by atoms with Crippen LogP contribution in [0.3, 0.4) is 0 Å². The molecule has 1 aromatic carbocycles. The van der Waals surface area contributed by atoms with Gasteiger partial charge in [0.05, 0.1) is 11.5 Å². The van der Waals surface area contributed by atoms with E-state index >= 15 is 0 Å². The molecule has 2 aromatic heterocycles. The Bertz CT molecular complexity index is 738. The van der Waals surface area contributed by atoms with Gasteiger partial charge in [-0.25, -0.2) is 0 Å². The van der Waals surface area contributed by atoms with Crippen LogP contribution in [0.1, 0.15) is 5.56 Å². The molecule has 0 spiro atoms. The van der Waals surface area contributed by atoms with Crippen molar-refractivity contribution in [3.63, 3.8) is 0 Å². The predicted molar refractivity (Wildman–Crippen MR) is 91.7 cm³/mol. The molecule has 0 amide bonds. The summed E-state index contributed by atoms with van der Waals surface area (Å²) in [6.45, 7) is 2.71. The second-order valence-corrected chi connectivity index (χ2v) is 6.87. The van der Waals surface area contributed by atoms with E-state index in [9.17, 15) is 0 Å². The lowest BCUT2D eigenvalue weighted by Crippen LogP contribution is -2.02. The molecule has 3 rings (SSSR count). The smallest absolute Gasteiger partial charge is 0.191 e. The van der Waals surface area contributed by atoms with E-state index in [1.165, 1.54) is 5.56 Å². The van der Waals surface area contributed by atoms with Crippen molar-refractivity contribution in [1.82, 2.24) is 14.8 Å². The van der Waals surface area contributed by atoms with E-state index in [1.807, 2.05) is 41.3 Å². The van der Waals surface area contributed by atoms with Crippen LogP contribution in [-0.4, -0.2) is 27.1 Å². The van der Waals surface area contributed by atoms with Crippen LogP contribution >= 0.6 is 23.1 Å². The van der Waals surface area contributed by atoms with Crippen molar-refractivity contribution in [3.8, 4) is 16.5 Å². The predicted octanol–water partition coefficient (Wildman–Crippen LogP) is 4.02. The Hall–Kier alpha value is -1.79. The largest absolute Gasteiger partial charge is 0.493 e. The van der Waals surface area contributed by atoms with Gasteiger partial charge in [-0.3, -0.25) is 0 Å². The van der Waals surface area contributed by atoms with Crippen molar-refractivity contribution in [1.29, 1.82) is 0 Å². The van der Waals surface area contributed by atoms with Crippen LogP contribution in [-0.2, 0) is 7.05 Å². The number of hydrogen-bond acceptors (Lipinski definition) is 5. The maximum absolute atomic E-state index is 5.75. The van der Waals surface area contributed by atoms with E-state index in [4.69, 9.17) is 4.74 Å². The molecule has 0 saturated heterocycles. The quantitative estimate of drug-likeness (QED) is 0.505. The second kappa shape index (κ2) is 6.98. The summed E-state index contributed by atoms with van der Waals surface area (Å²) in [7, 11) is 2.00. The highest BCUT2D eigenvalue weighted by atomic mass is 32.2. The molecule has 0 radical (unpaired) electrons. The molecule has 0 fully saturated rings. The minimum atomic E-state index is 0.648. The van der Waals surface area contributed by atoms with Gasteiger partial charge in [0.15, 0.2) is 11.0 Å². The third kappa shape index (κ3) is 3.51. The Morgan fingerprint density at radius 3 is 2.91 bits per heavy atom. The van der Waals surface area contributed by atoms with E-state index in [-0.39, 0.29) is 0 Å². The number of thiophene rings is 1. The number of aromatic nitrogens is 3. The zero-order valence-electron chi connectivity index (χ0n) is 12.5. The maximum Gasteiger partial charge on any atom is 0.191 e. The minimum Gasteiger partial charge on any atom is -0.493 e. The van der Waals surface area contributed by atoms with E-state index in [2.05, 4.69) is 29.3 Å². The zero-order chi connectivity index (χ0) is 15.4. The Morgan fingerprint density at radius 2 is 2.14 bits per heavy atom. The van der Waals surface area contributed by atoms with Crippen molar-refractivity contribution in [2.45, 2.75) is 12.1 Å². The first kappa shape index (κ1) is 15.1. The van der Waals surface area contributed by atoms with Gasteiger partial charge in [0.25, 0.3) is 0 Å². The van der Waals surface area contributed by atoms with Crippen LogP contribution in [0.2, 0.25) is 0 Å². The zero-order valence-corrected chi connectivity index (χ0v) is 14.2. The Balaban J connectivity index is 1.54. The van der Waals surface area contributed by atoms with Gasteiger partial charge in [-0.1, -0.05) is 30.0 Å². The van der Waals surface area contributed by atoms with Crippen LogP contribution in [0.25, 0.3) is 10.7 Å². The van der Waals surface area contributed by atoms with E-state index in [0.717, 1.165) is 27.4 Å². The van der Waals surface area contributed by atoms with Gasteiger partial charge in [0.2, 0.25) is 0 Å². The number of rotatable bonds is 6. The number of hydrogen-bond donors (Lipinski definition) is 0. The van der Waals surface area contributed by atoms with Gasteiger partial charge < -0.3 is 9.30 Å². The second-order valence-electron chi connectivity index (χ2n) is 4.86. The third-order valence-corrected chi connectivity index (χ3v) is 5.00. The van der Waals surface area contributed by atoms with Gasteiger partial charge in [0, 0.05) is 12.8 Å². The number of aryl methyl sites for hydroxylation is 1. The number of ether oxygens (including phenoxy) is 1. The highest BCUT2D eigenvalue weighted by Crippen LogP contribution is 2.26. The van der Waals surface area contributed by atoms with Crippen molar-refractivity contribution >= 4 is 23.1 Å². The summed E-state index contributed by atoms with van der Waals surface area (Å²) in [4.78, 5) is 1.14. The van der Waals surface area contributed by atoms with Crippen LogP contribution < -0.4 is 4.74 Å². The van der Waals surface area contributed by atoms with Crippen LogP contribution in [0.15, 0.2) is 46.9 Å². The Kier molecular flexibility index (Phi) is 4.80. The van der Waals surface area contributed by atoms with Crippen LogP contribution in [0.4, 0.5) is 0 Å². The molecule has 0 aliphatic heterocycles. The number of thioether (sulfide) groups is 1. The van der Waals surface area contributed by atoms with Crippen LogP contribution in [0, 0.1) is 6.92 Å². The highest BCUT2D eigenvalue weighted by Gasteiger charge is 2.11. The molecule has 0 atom stereocenters. The van der Waals surface area contributed by atoms with Gasteiger partial charge in [0.1, 0.15) is 5.75 Å². The average molecular weight is 331 g/mol. The SMILES string of the molecule is Cc1cccc(OCCSc2nnc(-c3cccs3)n2C)c1. The average Bonchev–Trinajstić information content (AvgIpc) is 3.14. The first-order valence-corrected chi connectivity index (χ1v) is 8.86. The standard InChI is InChI=1S/C16H17N3OS2/c1-12-5-3-6-13(11-12)20-8-10-22-16-18-17-15(19(16)2)14-7-4-9-21-14/h3-7,9,11H,8,10H2,1-2H3. The summed E-state index contributed by atoms with van der Waals surface area (Å²) >= 11 is 3.33. The molecule has 3 aromatic rings. The lowest BCUT2D eigenvalue weighted by Gasteiger charge is -2.06. The van der Waals surface area contributed by atoms with Crippen molar-refractivity contribution in [3.05, 3.63) is 47.3 Å². The molecule has 2 heterocycles. The molecule has 0 saturated carbocycles. The fraction of sp³-hybridized carbons (Fsp3) is 0.250. The van der Waals surface area contributed by atoms with E-state index in [1.54, 1.807) is 23.1 Å². The van der Waals surface area contributed by atoms with E-state index < -0.39 is 0 Å². The molecule has 0 aliphatic carbocycles. The van der Waals surface area contributed by atoms with Gasteiger partial charge >= 0.3 is 0 Å². The molecule has 0 aliphatic rings. The molecular weight excluding hydrogens is 314 g/mol. The summed E-state index contributed by atoms with van der Waals surface area (Å²) in [5.41, 5.74) is 1.21. The lowest BCUT2D eigenvalue weighted by molar-refractivity contribution is 0.343. The van der Waals surface area contributed by atoms with Gasteiger partial charge in [-0.05, 0) is 36.1 Å². The van der Waals surface area contributed by atoms with E-state index in [0.29, 0.717) is 6.61 Å². The summed E-state index contributed by atoms with van der Waals surface area (Å²) in [5, 5.41) is 11.5.